The average molecular weight is 427 g/mol. The molecule has 1 aliphatic heterocycles. The number of fused-ring (bicyclic) bond motifs is 1. The van der Waals surface area contributed by atoms with Gasteiger partial charge in [-0.25, -0.2) is 0 Å². The second kappa shape index (κ2) is 9.18. The monoisotopic (exact) mass is 426 g/mol. The van der Waals surface area contributed by atoms with Crippen molar-refractivity contribution in [2.75, 3.05) is 18.0 Å². The van der Waals surface area contributed by atoms with E-state index >= 15 is 0 Å². The van der Waals surface area contributed by atoms with Crippen LogP contribution in [0.1, 0.15) is 55.0 Å². The Morgan fingerprint density at radius 3 is 2.00 bits per heavy atom. The molecule has 0 spiro atoms. The van der Waals surface area contributed by atoms with E-state index in [1.807, 2.05) is 62.4 Å². The van der Waals surface area contributed by atoms with E-state index in [2.05, 4.69) is 0 Å². The molecule has 1 heterocycles. The third-order valence-corrected chi connectivity index (χ3v) is 5.86. The zero-order chi connectivity index (χ0) is 22.7. The molecule has 0 N–H and O–H groups in total. The fourth-order valence-corrected chi connectivity index (χ4v) is 4.01. The summed E-state index contributed by atoms with van der Waals surface area (Å²) in [4.78, 5) is 41.6. The summed E-state index contributed by atoms with van der Waals surface area (Å²) in [7, 11) is 0. The van der Waals surface area contributed by atoms with Gasteiger partial charge in [0.05, 0.1) is 11.1 Å². The largest absolute Gasteiger partial charge is 0.308 e. The number of rotatable bonds is 7. The Morgan fingerprint density at radius 1 is 0.781 bits per heavy atom. The number of carbonyl (C=O) groups is 3. The van der Waals surface area contributed by atoms with E-state index < -0.39 is 0 Å². The van der Waals surface area contributed by atoms with Crippen LogP contribution in [0.15, 0.2) is 72.8 Å². The molecule has 0 atom stereocenters. The van der Waals surface area contributed by atoms with Crippen molar-refractivity contribution in [3.8, 4) is 0 Å². The summed E-state index contributed by atoms with van der Waals surface area (Å²) in [6.45, 7) is 4.79. The highest BCUT2D eigenvalue weighted by atomic mass is 16.2. The van der Waals surface area contributed by atoms with Gasteiger partial charge in [-0.1, -0.05) is 48.0 Å². The number of anilines is 1. The smallest absolute Gasteiger partial charge is 0.261 e. The van der Waals surface area contributed by atoms with Gasteiger partial charge in [0.15, 0.2) is 0 Å². The van der Waals surface area contributed by atoms with Crippen molar-refractivity contribution >= 4 is 23.4 Å². The first-order valence-electron chi connectivity index (χ1n) is 10.9. The van der Waals surface area contributed by atoms with Crippen LogP contribution in [0.5, 0.6) is 0 Å². The molecule has 3 aromatic rings. The van der Waals surface area contributed by atoms with E-state index in [4.69, 9.17) is 0 Å². The van der Waals surface area contributed by atoms with Crippen molar-refractivity contribution in [1.29, 1.82) is 0 Å². The molecule has 3 aromatic carbocycles. The number of imide groups is 1. The summed E-state index contributed by atoms with van der Waals surface area (Å²) in [5, 5.41) is 0. The highest BCUT2D eigenvalue weighted by Crippen LogP contribution is 2.24. The summed E-state index contributed by atoms with van der Waals surface area (Å²) < 4.78 is 0. The van der Waals surface area contributed by atoms with E-state index in [1.54, 1.807) is 29.2 Å². The number of amides is 3. The lowest BCUT2D eigenvalue weighted by Gasteiger charge is -2.24. The van der Waals surface area contributed by atoms with E-state index in [0.29, 0.717) is 42.6 Å². The van der Waals surface area contributed by atoms with Crippen molar-refractivity contribution in [2.45, 2.75) is 26.7 Å². The Balaban J connectivity index is 1.45. The molecule has 0 aliphatic carbocycles. The topological polar surface area (TPSA) is 57.7 Å². The third-order valence-electron chi connectivity index (χ3n) is 5.86. The summed E-state index contributed by atoms with van der Waals surface area (Å²) in [6, 6.07) is 22.4. The molecule has 1 aliphatic rings. The molecule has 0 radical (unpaired) electrons. The SMILES string of the molecule is Cc1ccc(N(CCCCN2C(=O)c3ccccc3C2=O)C(=O)c2ccccc2C)cc1. The molecule has 4 rings (SSSR count). The summed E-state index contributed by atoms with van der Waals surface area (Å²) >= 11 is 0. The van der Waals surface area contributed by atoms with Crippen molar-refractivity contribution < 1.29 is 14.4 Å². The fraction of sp³-hybridized carbons (Fsp3) is 0.222. The standard InChI is InChI=1S/C27H26N2O3/c1-19-13-15-21(16-14-19)28(25(30)22-10-4-3-9-20(22)2)17-7-8-18-29-26(31)23-11-5-6-12-24(23)27(29)32/h3-6,9-16H,7-8,17-18H2,1-2H3. The minimum Gasteiger partial charge on any atom is -0.308 e. The average Bonchev–Trinajstić information content (AvgIpc) is 3.05. The lowest BCUT2D eigenvalue weighted by molar-refractivity contribution is 0.0651. The number of nitrogens with zero attached hydrogens (tertiary/aromatic N) is 2. The maximum atomic E-state index is 13.4. The van der Waals surface area contributed by atoms with Gasteiger partial charge in [-0.15, -0.1) is 0 Å². The highest BCUT2D eigenvalue weighted by molar-refractivity contribution is 6.21. The van der Waals surface area contributed by atoms with Crippen LogP contribution in [0.2, 0.25) is 0 Å². The van der Waals surface area contributed by atoms with Crippen molar-refractivity contribution in [3.63, 3.8) is 0 Å². The summed E-state index contributed by atoms with van der Waals surface area (Å²) in [5.41, 5.74) is 4.50. The minimum atomic E-state index is -0.239. The first kappa shape index (κ1) is 21.5. The first-order valence-corrected chi connectivity index (χ1v) is 10.9. The lowest BCUT2D eigenvalue weighted by Crippen LogP contribution is -2.34. The summed E-state index contributed by atoms with van der Waals surface area (Å²) in [6.07, 6.45) is 1.29. The van der Waals surface area contributed by atoms with Crippen LogP contribution in [0, 0.1) is 13.8 Å². The lowest BCUT2D eigenvalue weighted by atomic mass is 10.1. The molecule has 0 unspecified atom stereocenters. The Bertz CT molecular complexity index is 1130. The van der Waals surface area contributed by atoms with Crippen LogP contribution in [0.25, 0.3) is 0 Å². The third kappa shape index (κ3) is 4.19. The molecule has 162 valence electrons. The van der Waals surface area contributed by atoms with Crippen LogP contribution in [0.3, 0.4) is 0 Å². The maximum Gasteiger partial charge on any atom is 0.261 e. The van der Waals surface area contributed by atoms with Crippen LogP contribution >= 0.6 is 0 Å². The summed E-state index contributed by atoms with van der Waals surface area (Å²) in [5.74, 6) is -0.526. The first-order chi connectivity index (χ1) is 15.5. The number of carbonyl (C=O) groups excluding carboxylic acids is 3. The molecule has 0 saturated heterocycles. The van der Waals surface area contributed by atoms with Gasteiger partial charge in [0, 0.05) is 24.3 Å². The van der Waals surface area contributed by atoms with E-state index in [9.17, 15) is 14.4 Å². The molecule has 0 saturated carbocycles. The quantitative estimate of drug-likeness (QED) is 0.393. The molecule has 5 nitrogen and oxygen atoms in total. The van der Waals surface area contributed by atoms with Crippen LogP contribution in [0.4, 0.5) is 5.69 Å². The number of hydrogen-bond acceptors (Lipinski definition) is 3. The minimum absolute atomic E-state index is 0.0484. The molecular weight excluding hydrogens is 400 g/mol. The van der Waals surface area contributed by atoms with Crippen LogP contribution < -0.4 is 4.90 Å². The Kier molecular flexibility index (Phi) is 6.17. The molecule has 0 fully saturated rings. The van der Waals surface area contributed by atoms with Crippen molar-refractivity contribution in [3.05, 3.63) is 101 Å². The maximum absolute atomic E-state index is 13.4. The Hall–Kier alpha value is -3.73. The zero-order valence-electron chi connectivity index (χ0n) is 18.4. The van der Waals surface area contributed by atoms with Gasteiger partial charge < -0.3 is 4.90 Å². The van der Waals surface area contributed by atoms with Gasteiger partial charge in [-0.3, -0.25) is 19.3 Å². The number of aryl methyl sites for hydroxylation is 2. The van der Waals surface area contributed by atoms with Crippen molar-refractivity contribution in [1.82, 2.24) is 4.90 Å². The van der Waals surface area contributed by atoms with Gasteiger partial charge in [0.1, 0.15) is 0 Å². The van der Waals surface area contributed by atoms with Gasteiger partial charge in [0.2, 0.25) is 0 Å². The number of unbranched alkanes of at least 4 members (excludes halogenated alkanes) is 1. The van der Waals surface area contributed by atoms with Gasteiger partial charge in [0.25, 0.3) is 17.7 Å². The molecule has 5 heteroatoms. The van der Waals surface area contributed by atoms with Gasteiger partial charge >= 0.3 is 0 Å². The van der Waals surface area contributed by atoms with Gasteiger partial charge in [-0.2, -0.15) is 0 Å². The van der Waals surface area contributed by atoms with E-state index in [1.165, 1.54) is 4.90 Å². The molecular formula is C27H26N2O3. The van der Waals surface area contributed by atoms with E-state index in [0.717, 1.165) is 16.8 Å². The second-order valence-corrected chi connectivity index (χ2v) is 8.12. The van der Waals surface area contributed by atoms with Crippen LogP contribution in [-0.4, -0.2) is 35.7 Å². The van der Waals surface area contributed by atoms with Crippen LogP contribution in [-0.2, 0) is 0 Å². The molecule has 0 bridgehead atoms. The zero-order valence-corrected chi connectivity index (χ0v) is 18.4. The van der Waals surface area contributed by atoms with Crippen molar-refractivity contribution in [2.24, 2.45) is 0 Å². The molecule has 3 amide bonds. The van der Waals surface area contributed by atoms with Gasteiger partial charge in [-0.05, 0) is 62.6 Å². The predicted octanol–water partition coefficient (Wildman–Crippen LogP) is 5.03. The Labute approximate surface area is 188 Å². The highest BCUT2D eigenvalue weighted by Gasteiger charge is 2.34. The molecule has 0 aromatic heterocycles. The van der Waals surface area contributed by atoms with E-state index in [-0.39, 0.29) is 17.7 Å². The fourth-order valence-electron chi connectivity index (χ4n) is 4.01. The normalized spacial score (nSPS) is 12.8. The second-order valence-electron chi connectivity index (χ2n) is 8.12. The number of benzene rings is 3. The predicted molar refractivity (Wildman–Crippen MR) is 125 cm³/mol. The molecule has 32 heavy (non-hydrogen) atoms. The Morgan fingerprint density at radius 2 is 1.38 bits per heavy atom. The number of hydrogen-bond donors (Lipinski definition) is 0.